The zero-order chi connectivity index (χ0) is 15.8. The highest BCUT2D eigenvalue weighted by Gasteiger charge is 2.04. The minimum Gasteiger partial charge on any atom is -0.496 e. The summed E-state index contributed by atoms with van der Waals surface area (Å²) in [7, 11) is 1.66. The molecule has 0 aliphatic heterocycles. The molecule has 0 heterocycles. The van der Waals surface area contributed by atoms with Crippen LogP contribution in [0.2, 0.25) is 0 Å². The number of benzene rings is 2. The first kappa shape index (κ1) is 15.9. The normalized spacial score (nSPS) is 10.1. The fraction of sp³-hybridized carbons (Fsp3) is 0.278. The molecule has 0 fully saturated rings. The molecule has 0 radical (unpaired) electrons. The number of carbonyl (C=O) groups is 1. The van der Waals surface area contributed by atoms with Gasteiger partial charge in [0, 0.05) is 12.2 Å². The second kappa shape index (κ2) is 8.08. The molecule has 0 atom stereocenters. The second-order valence-corrected chi connectivity index (χ2v) is 5.13. The van der Waals surface area contributed by atoms with E-state index in [0.717, 1.165) is 23.4 Å². The van der Waals surface area contributed by atoms with Gasteiger partial charge in [-0.2, -0.15) is 0 Å². The Morgan fingerprint density at radius 2 is 1.95 bits per heavy atom. The van der Waals surface area contributed by atoms with Crippen molar-refractivity contribution >= 4 is 11.6 Å². The molecule has 116 valence electrons. The maximum atomic E-state index is 11.8. The van der Waals surface area contributed by atoms with Gasteiger partial charge in [-0.25, -0.2) is 0 Å². The van der Waals surface area contributed by atoms with E-state index in [1.807, 2.05) is 55.5 Å². The fourth-order valence-corrected chi connectivity index (χ4v) is 2.25. The molecule has 4 nitrogen and oxygen atoms in total. The minimum absolute atomic E-state index is 0.0172. The van der Waals surface area contributed by atoms with Crippen LogP contribution in [0.25, 0.3) is 0 Å². The summed E-state index contributed by atoms with van der Waals surface area (Å²) in [5.74, 6) is 0.839. The smallest absolute Gasteiger partial charge is 0.239 e. The third-order valence-corrected chi connectivity index (χ3v) is 3.38. The Kier molecular flexibility index (Phi) is 5.83. The number of ether oxygens (including phenoxy) is 1. The number of aryl methyl sites for hydroxylation is 1. The molecule has 2 N–H and O–H groups in total. The van der Waals surface area contributed by atoms with Crippen LogP contribution in [0.15, 0.2) is 48.5 Å². The number of nitrogens with one attached hydrogen (secondary N) is 2. The van der Waals surface area contributed by atoms with E-state index >= 15 is 0 Å². The number of rotatable bonds is 7. The Morgan fingerprint density at radius 1 is 1.14 bits per heavy atom. The predicted octanol–water partition coefficient (Wildman–Crippen LogP) is 2.77. The highest BCUT2D eigenvalue weighted by atomic mass is 16.5. The first-order chi connectivity index (χ1) is 10.7. The Bertz CT molecular complexity index is 626. The van der Waals surface area contributed by atoms with Crippen molar-refractivity contribution in [3.63, 3.8) is 0 Å². The average Bonchev–Trinajstić information content (AvgIpc) is 2.53. The molecule has 0 unspecified atom stereocenters. The topological polar surface area (TPSA) is 50.4 Å². The van der Waals surface area contributed by atoms with Crippen LogP contribution in [0.5, 0.6) is 5.75 Å². The molecule has 0 saturated carbocycles. The number of methoxy groups -OCH3 is 1. The monoisotopic (exact) mass is 298 g/mol. The molecular formula is C18H22N2O2. The van der Waals surface area contributed by atoms with Gasteiger partial charge < -0.3 is 15.4 Å². The Labute approximate surface area is 131 Å². The van der Waals surface area contributed by atoms with E-state index in [9.17, 15) is 4.79 Å². The highest BCUT2D eigenvalue weighted by molar-refractivity contribution is 5.80. The van der Waals surface area contributed by atoms with Crippen LogP contribution in [-0.4, -0.2) is 26.1 Å². The molecule has 2 rings (SSSR count). The third-order valence-electron chi connectivity index (χ3n) is 3.38. The minimum atomic E-state index is -0.0172. The van der Waals surface area contributed by atoms with Gasteiger partial charge in [-0.1, -0.05) is 30.3 Å². The lowest BCUT2D eigenvalue weighted by Gasteiger charge is -2.10. The van der Waals surface area contributed by atoms with Gasteiger partial charge in [0.15, 0.2) is 0 Å². The van der Waals surface area contributed by atoms with Gasteiger partial charge in [0.25, 0.3) is 0 Å². The zero-order valence-electron chi connectivity index (χ0n) is 13.1. The van der Waals surface area contributed by atoms with Gasteiger partial charge >= 0.3 is 0 Å². The maximum Gasteiger partial charge on any atom is 0.239 e. The lowest BCUT2D eigenvalue weighted by Crippen LogP contribution is -2.31. The SMILES string of the molecule is COc1ccccc1CCNC(=O)CNc1cccc(C)c1. The van der Waals surface area contributed by atoms with E-state index < -0.39 is 0 Å². The number of hydrogen-bond donors (Lipinski definition) is 2. The summed E-state index contributed by atoms with van der Waals surface area (Å²) < 4.78 is 5.29. The Morgan fingerprint density at radius 3 is 2.73 bits per heavy atom. The van der Waals surface area contributed by atoms with Crippen LogP contribution in [0.3, 0.4) is 0 Å². The van der Waals surface area contributed by atoms with Gasteiger partial charge in [0.2, 0.25) is 5.91 Å². The van der Waals surface area contributed by atoms with E-state index in [0.29, 0.717) is 6.54 Å². The molecule has 0 aliphatic carbocycles. The molecular weight excluding hydrogens is 276 g/mol. The first-order valence-corrected chi connectivity index (χ1v) is 7.38. The second-order valence-electron chi connectivity index (χ2n) is 5.13. The molecule has 1 amide bonds. The van der Waals surface area contributed by atoms with Crippen molar-refractivity contribution in [1.29, 1.82) is 0 Å². The number of carbonyl (C=O) groups excluding carboxylic acids is 1. The molecule has 0 spiro atoms. The summed E-state index contributed by atoms with van der Waals surface area (Å²) in [6.45, 7) is 2.89. The summed E-state index contributed by atoms with van der Waals surface area (Å²) in [6, 6.07) is 15.8. The van der Waals surface area contributed by atoms with E-state index in [2.05, 4.69) is 10.6 Å². The Balaban J connectivity index is 1.74. The van der Waals surface area contributed by atoms with Crippen LogP contribution < -0.4 is 15.4 Å². The third kappa shape index (κ3) is 4.81. The molecule has 0 bridgehead atoms. The van der Waals surface area contributed by atoms with Crippen molar-refractivity contribution in [1.82, 2.24) is 5.32 Å². The largest absolute Gasteiger partial charge is 0.496 e. The summed E-state index contributed by atoms with van der Waals surface area (Å²) in [4.78, 5) is 11.8. The first-order valence-electron chi connectivity index (χ1n) is 7.38. The fourth-order valence-electron chi connectivity index (χ4n) is 2.25. The standard InChI is InChI=1S/C18H22N2O2/c1-14-6-5-8-16(12-14)20-13-18(21)19-11-10-15-7-3-4-9-17(15)22-2/h3-9,12,20H,10-11,13H2,1-2H3,(H,19,21). The highest BCUT2D eigenvalue weighted by Crippen LogP contribution is 2.17. The van der Waals surface area contributed by atoms with E-state index in [-0.39, 0.29) is 12.5 Å². The zero-order valence-corrected chi connectivity index (χ0v) is 13.1. The van der Waals surface area contributed by atoms with Crippen molar-refractivity contribution in [2.45, 2.75) is 13.3 Å². The lowest BCUT2D eigenvalue weighted by molar-refractivity contribution is -0.119. The summed E-state index contributed by atoms with van der Waals surface area (Å²) in [5.41, 5.74) is 3.22. The van der Waals surface area contributed by atoms with Crippen LogP contribution in [0.4, 0.5) is 5.69 Å². The average molecular weight is 298 g/mol. The van der Waals surface area contributed by atoms with Gasteiger partial charge in [-0.15, -0.1) is 0 Å². The van der Waals surface area contributed by atoms with E-state index in [4.69, 9.17) is 4.74 Å². The molecule has 0 aliphatic rings. The summed E-state index contributed by atoms with van der Waals surface area (Å²) in [6.07, 6.45) is 0.750. The molecule has 22 heavy (non-hydrogen) atoms. The van der Waals surface area contributed by atoms with Crippen molar-refractivity contribution in [2.24, 2.45) is 0 Å². The molecule has 2 aromatic rings. The van der Waals surface area contributed by atoms with Crippen LogP contribution in [-0.2, 0) is 11.2 Å². The van der Waals surface area contributed by atoms with Gasteiger partial charge in [-0.3, -0.25) is 4.79 Å². The number of anilines is 1. The van der Waals surface area contributed by atoms with Gasteiger partial charge in [-0.05, 0) is 42.7 Å². The Hall–Kier alpha value is -2.49. The van der Waals surface area contributed by atoms with E-state index in [1.165, 1.54) is 5.56 Å². The number of hydrogen-bond acceptors (Lipinski definition) is 3. The van der Waals surface area contributed by atoms with Crippen LogP contribution in [0.1, 0.15) is 11.1 Å². The molecule has 0 aromatic heterocycles. The maximum absolute atomic E-state index is 11.8. The van der Waals surface area contributed by atoms with Crippen molar-refractivity contribution in [2.75, 3.05) is 25.5 Å². The predicted molar refractivity (Wildman–Crippen MR) is 89.4 cm³/mol. The summed E-state index contributed by atoms with van der Waals surface area (Å²) in [5, 5.41) is 6.03. The lowest BCUT2D eigenvalue weighted by atomic mass is 10.1. The quantitative estimate of drug-likeness (QED) is 0.826. The van der Waals surface area contributed by atoms with Gasteiger partial charge in [0.1, 0.15) is 5.75 Å². The molecule has 0 saturated heterocycles. The number of amides is 1. The van der Waals surface area contributed by atoms with Gasteiger partial charge in [0.05, 0.1) is 13.7 Å². The number of para-hydroxylation sites is 1. The van der Waals surface area contributed by atoms with Crippen LogP contribution >= 0.6 is 0 Å². The van der Waals surface area contributed by atoms with Crippen LogP contribution in [0, 0.1) is 6.92 Å². The summed E-state index contributed by atoms with van der Waals surface area (Å²) >= 11 is 0. The van der Waals surface area contributed by atoms with Crippen molar-refractivity contribution < 1.29 is 9.53 Å². The molecule has 4 heteroatoms. The molecule has 2 aromatic carbocycles. The van der Waals surface area contributed by atoms with Crippen molar-refractivity contribution in [3.8, 4) is 5.75 Å². The van der Waals surface area contributed by atoms with E-state index in [1.54, 1.807) is 7.11 Å². The van der Waals surface area contributed by atoms with Crippen molar-refractivity contribution in [3.05, 3.63) is 59.7 Å².